The molecule has 5 nitrogen and oxygen atoms in total. The molecule has 0 radical (unpaired) electrons. The first kappa shape index (κ1) is 22.5. The highest BCUT2D eigenvalue weighted by Crippen LogP contribution is 2.29. The van der Waals surface area contributed by atoms with Crippen LogP contribution < -0.4 is 9.62 Å². The summed E-state index contributed by atoms with van der Waals surface area (Å²) >= 11 is 12.0. The SMILES string of the molecule is Cc1ccc([C@H](C)NC(=O)[C@@H](C)N(c2cc(Cl)cc(Cl)c2)S(C)(=O)=O)cc1C. The lowest BCUT2D eigenvalue weighted by atomic mass is 10.0. The van der Waals surface area contributed by atoms with E-state index in [9.17, 15) is 13.2 Å². The zero-order valence-electron chi connectivity index (χ0n) is 16.5. The van der Waals surface area contributed by atoms with Gasteiger partial charge in [-0.05, 0) is 62.6 Å². The summed E-state index contributed by atoms with van der Waals surface area (Å²) in [6.07, 6.45) is 1.04. The molecule has 152 valence electrons. The van der Waals surface area contributed by atoms with Crippen molar-refractivity contribution in [3.05, 3.63) is 63.1 Å². The van der Waals surface area contributed by atoms with Gasteiger partial charge in [-0.3, -0.25) is 9.10 Å². The van der Waals surface area contributed by atoms with Gasteiger partial charge < -0.3 is 5.32 Å². The Morgan fingerprint density at radius 3 is 2.07 bits per heavy atom. The standard InChI is InChI=1S/C20H24Cl2N2O3S/c1-12-6-7-16(8-13(12)2)14(3)23-20(25)15(4)24(28(5,26)27)19-10-17(21)9-18(22)11-19/h6-11,14-15H,1-5H3,(H,23,25)/t14-,15+/m0/s1. The second-order valence-electron chi connectivity index (χ2n) is 6.94. The van der Waals surface area contributed by atoms with Crippen LogP contribution in [0.2, 0.25) is 10.0 Å². The largest absolute Gasteiger partial charge is 0.348 e. The molecule has 0 aromatic heterocycles. The van der Waals surface area contributed by atoms with E-state index in [1.807, 2.05) is 39.0 Å². The van der Waals surface area contributed by atoms with Gasteiger partial charge in [-0.2, -0.15) is 0 Å². The molecule has 2 aromatic rings. The maximum Gasteiger partial charge on any atom is 0.244 e. The van der Waals surface area contributed by atoms with Gasteiger partial charge in [-0.15, -0.1) is 0 Å². The lowest BCUT2D eigenvalue weighted by Gasteiger charge is -2.29. The third-order valence-corrected chi connectivity index (χ3v) is 6.26. The fraction of sp³-hybridized carbons (Fsp3) is 0.350. The molecule has 0 bridgehead atoms. The number of sulfonamides is 1. The molecule has 0 fully saturated rings. The van der Waals surface area contributed by atoms with Crippen molar-refractivity contribution >= 4 is 44.8 Å². The minimum atomic E-state index is -3.75. The molecule has 2 rings (SSSR count). The molecule has 0 aliphatic heterocycles. The molecule has 1 N–H and O–H groups in total. The van der Waals surface area contributed by atoms with Gasteiger partial charge in [0, 0.05) is 10.0 Å². The van der Waals surface area contributed by atoms with E-state index in [0.29, 0.717) is 0 Å². The molecule has 0 aliphatic carbocycles. The third kappa shape index (κ3) is 5.40. The maximum absolute atomic E-state index is 12.8. The molecular formula is C20H24Cl2N2O3S. The van der Waals surface area contributed by atoms with E-state index in [1.165, 1.54) is 25.1 Å². The highest BCUT2D eigenvalue weighted by Gasteiger charge is 2.30. The highest BCUT2D eigenvalue weighted by atomic mass is 35.5. The number of rotatable bonds is 6. The first-order valence-electron chi connectivity index (χ1n) is 8.73. The molecule has 8 heteroatoms. The number of anilines is 1. The molecule has 28 heavy (non-hydrogen) atoms. The van der Waals surface area contributed by atoms with Crippen LogP contribution >= 0.6 is 23.2 Å². The number of nitrogens with one attached hydrogen (secondary N) is 1. The van der Waals surface area contributed by atoms with Crippen LogP contribution in [0, 0.1) is 13.8 Å². The van der Waals surface area contributed by atoms with Crippen LogP contribution in [0.4, 0.5) is 5.69 Å². The number of amides is 1. The van der Waals surface area contributed by atoms with Crippen LogP contribution in [0.3, 0.4) is 0 Å². The molecule has 2 aromatic carbocycles. The molecule has 0 heterocycles. The van der Waals surface area contributed by atoms with Gasteiger partial charge >= 0.3 is 0 Å². The zero-order valence-corrected chi connectivity index (χ0v) is 18.8. The fourth-order valence-corrected chi connectivity index (χ4v) is 4.60. The average Bonchev–Trinajstić information content (AvgIpc) is 2.55. The fourth-order valence-electron chi connectivity index (χ4n) is 2.93. The quantitative estimate of drug-likeness (QED) is 0.707. The van der Waals surface area contributed by atoms with Gasteiger partial charge in [0.2, 0.25) is 15.9 Å². The van der Waals surface area contributed by atoms with Crippen LogP contribution in [-0.4, -0.2) is 26.6 Å². The summed E-state index contributed by atoms with van der Waals surface area (Å²) in [4.78, 5) is 12.8. The van der Waals surface area contributed by atoms with E-state index in [4.69, 9.17) is 23.2 Å². The van der Waals surface area contributed by atoms with E-state index in [2.05, 4.69) is 5.32 Å². The number of hydrogen-bond donors (Lipinski definition) is 1. The molecule has 1 amide bonds. The van der Waals surface area contributed by atoms with Crippen molar-refractivity contribution < 1.29 is 13.2 Å². The normalized spacial score (nSPS) is 13.7. The van der Waals surface area contributed by atoms with Crippen molar-refractivity contribution in [2.24, 2.45) is 0 Å². The Hall–Kier alpha value is -1.76. The van der Waals surface area contributed by atoms with Crippen LogP contribution in [0.1, 0.15) is 36.6 Å². The average molecular weight is 443 g/mol. The summed E-state index contributed by atoms with van der Waals surface area (Å²) in [5.41, 5.74) is 3.47. The summed E-state index contributed by atoms with van der Waals surface area (Å²) in [5, 5.41) is 3.45. The van der Waals surface area contributed by atoms with E-state index in [-0.39, 0.29) is 21.8 Å². The smallest absolute Gasteiger partial charge is 0.244 e. The Balaban J connectivity index is 2.29. The summed E-state index contributed by atoms with van der Waals surface area (Å²) in [7, 11) is -3.75. The highest BCUT2D eigenvalue weighted by molar-refractivity contribution is 7.92. The van der Waals surface area contributed by atoms with Crippen LogP contribution in [-0.2, 0) is 14.8 Å². The van der Waals surface area contributed by atoms with Crippen molar-refractivity contribution in [1.29, 1.82) is 0 Å². The monoisotopic (exact) mass is 442 g/mol. The number of nitrogens with zero attached hydrogens (tertiary/aromatic N) is 1. The van der Waals surface area contributed by atoms with E-state index in [1.54, 1.807) is 0 Å². The minimum absolute atomic E-state index is 0.237. The van der Waals surface area contributed by atoms with Crippen molar-refractivity contribution in [3.8, 4) is 0 Å². The molecule has 0 saturated heterocycles. The van der Waals surface area contributed by atoms with Crippen molar-refractivity contribution in [1.82, 2.24) is 5.32 Å². The first-order valence-corrected chi connectivity index (χ1v) is 11.3. The predicted molar refractivity (Wildman–Crippen MR) is 116 cm³/mol. The molecule has 0 saturated carbocycles. The molecule has 0 unspecified atom stereocenters. The molecular weight excluding hydrogens is 419 g/mol. The summed E-state index contributed by atoms with van der Waals surface area (Å²) in [6, 6.07) is 9.11. The Kier molecular flexibility index (Phi) is 7.02. The number of hydrogen-bond acceptors (Lipinski definition) is 3. The number of carbonyl (C=O) groups excluding carboxylic acids is 1. The van der Waals surface area contributed by atoms with Crippen molar-refractivity contribution in [3.63, 3.8) is 0 Å². The van der Waals surface area contributed by atoms with Crippen molar-refractivity contribution in [2.45, 2.75) is 39.8 Å². The van der Waals surface area contributed by atoms with Gasteiger partial charge in [-0.25, -0.2) is 8.42 Å². The summed E-state index contributed by atoms with van der Waals surface area (Å²) in [5.74, 6) is -0.424. The minimum Gasteiger partial charge on any atom is -0.348 e. The van der Waals surface area contributed by atoms with Crippen LogP contribution in [0.15, 0.2) is 36.4 Å². The van der Waals surface area contributed by atoms with Gasteiger partial charge in [0.1, 0.15) is 6.04 Å². The van der Waals surface area contributed by atoms with Gasteiger partial charge in [0.25, 0.3) is 0 Å². The summed E-state index contributed by atoms with van der Waals surface area (Å²) in [6.45, 7) is 7.41. The molecule has 0 aliphatic rings. The first-order chi connectivity index (χ1) is 12.9. The Morgan fingerprint density at radius 1 is 1.00 bits per heavy atom. The Bertz CT molecular complexity index is 973. The summed E-state index contributed by atoms with van der Waals surface area (Å²) < 4.78 is 25.8. The number of aryl methyl sites for hydroxylation is 2. The Labute approximate surface area is 176 Å². The van der Waals surface area contributed by atoms with E-state index in [0.717, 1.165) is 27.3 Å². The second-order valence-corrected chi connectivity index (χ2v) is 9.67. The van der Waals surface area contributed by atoms with Crippen LogP contribution in [0.5, 0.6) is 0 Å². The Morgan fingerprint density at radius 2 is 1.57 bits per heavy atom. The zero-order chi connectivity index (χ0) is 21.2. The number of halogens is 2. The molecule has 0 spiro atoms. The van der Waals surface area contributed by atoms with E-state index >= 15 is 0 Å². The van der Waals surface area contributed by atoms with Gasteiger partial charge in [-0.1, -0.05) is 41.4 Å². The molecule has 2 atom stereocenters. The lowest BCUT2D eigenvalue weighted by molar-refractivity contribution is -0.122. The third-order valence-electron chi connectivity index (χ3n) is 4.58. The topological polar surface area (TPSA) is 66.5 Å². The lowest BCUT2D eigenvalue weighted by Crippen LogP contribution is -2.48. The van der Waals surface area contributed by atoms with Crippen LogP contribution in [0.25, 0.3) is 0 Å². The van der Waals surface area contributed by atoms with Crippen molar-refractivity contribution in [2.75, 3.05) is 10.6 Å². The maximum atomic E-state index is 12.8. The predicted octanol–water partition coefficient (Wildman–Crippen LogP) is 4.64. The van der Waals surface area contributed by atoms with E-state index < -0.39 is 22.0 Å². The second kappa shape index (κ2) is 8.72. The number of carbonyl (C=O) groups is 1. The number of benzene rings is 2. The van der Waals surface area contributed by atoms with Gasteiger partial charge in [0.05, 0.1) is 18.0 Å². The van der Waals surface area contributed by atoms with Gasteiger partial charge in [0.15, 0.2) is 0 Å².